The van der Waals surface area contributed by atoms with Gasteiger partial charge in [0.05, 0.1) is 44.9 Å². The molecule has 5 aromatic rings. The lowest BCUT2D eigenvalue weighted by Crippen LogP contribution is -2.43. The van der Waals surface area contributed by atoms with E-state index in [1.807, 2.05) is 39.0 Å². The van der Waals surface area contributed by atoms with E-state index in [0.717, 1.165) is 28.4 Å². The number of hydrogen-bond donors (Lipinski definition) is 3. The predicted molar refractivity (Wildman–Crippen MR) is 145 cm³/mol. The van der Waals surface area contributed by atoms with Crippen LogP contribution in [0.15, 0.2) is 48.7 Å². The van der Waals surface area contributed by atoms with Gasteiger partial charge in [0.15, 0.2) is 0 Å². The third-order valence-corrected chi connectivity index (χ3v) is 6.20. The fourth-order valence-corrected chi connectivity index (χ4v) is 4.61. The molecule has 3 heterocycles. The summed E-state index contributed by atoms with van der Waals surface area (Å²) in [5.41, 5.74) is 4.27. The van der Waals surface area contributed by atoms with E-state index in [9.17, 15) is 4.79 Å². The van der Waals surface area contributed by atoms with Gasteiger partial charge in [-0.3, -0.25) is 0 Å². The molecule has 0 bridgehead atoms. The van der Waals surface area contributed by atoms with Crippen LogP contribution in [0.5, 0.6) is 0 Å². The highest BCUT2D eigenvalue weighted by Crippen LogP contribution is 2.38. The zero-order chi connectivity index (χ0) is 25.4. The first-order chi connectivity index (χ1) is 17.2. The van der Waals surface area contributed by atoms with Gasteiger partial charge < -0.3 is 16.0 Å². The molecule has 12 heteroatoms. The highest BCUT2D eigenvalue weighted by atomic mass is 35.5. The summed E-state index contributed by atoms with van der Waals surface area (Å²) >= 11 is 14.1. The number of anilines is 3. The van der Waals surface area contributed by atoms with E-state index in [0.29, 0.717) is 44.0 Å². The first kappa shape index (κ1) is 24.1. The number of carbonyl (C=O) groups is 1. The van der Waals surface area contributed by atoms with E-state index in [-0.39, 0.29) is 0 Å². The molecule has 2 aromatic carbocycles. The normalized spacial score (nSPS) is 11.6. The Morgan fingerprint density at radius 1 is 0.917 bits per heavy atom. The first-order valence-corrected chi connectivity index (χ1v) is 12.4. The number of rotatable bonds is 4. The standard InChI is InChI=1S/C24H20Cl2N8OS/c1-24(2,3)32-23(35)31-18-10-16-19(29-21(18)20-13(25)5-4-6-14(20)26)11-27-22(30-16)28-12-7-8-15-17(9-12)34-36-33-15/h4-11H,1-3H3,(H,27,28,30)(H2,31,32,35). The molecule has 0 atom stereocenters. The van der Waals surface area contributed by atoms with Gasteiger partial charge in [-0.25, -0.2) is 19.7 Å². The average Bonchev–Trinajstić information content (AvgIpc) is 3.26. The maximum atomic E-state index is 12.7. The van der Waals surface area contributed by atoms with E-state index < -0.39 is 11.6 Å². The van der Waals surface area contributed by atoms with Gasteiger partial charge in [0.25, 0.3) is 0 Å². The number of amides is 2. The molecular weight excluding hydrogens is 519 g/mol. The zero-order valence-corrected chi connectivity index (χ0v) is 21.8. The summed E-state index contributed by atoms with van der Waals surface area (Å²) in [6, 6.07) is 12.1. The van der Waals surface area contributed by atoms with Gasteiger partial charge in [-0.15, -0.1) is 0 Å². The second-order valence-electron chi connectivity index (χ2n) is 9.00. The molecule has 0 spiro atoms. The molecule has 0 aliphatic rings. The summed E-state index contributed by atoms with van der Waals surface area (Å²) in [4.78, 5) is 26.5. The number of aromatic nitrogens is 5. The number of carbonyl (C=O) groups excluding carboxylic acids is 1. The largest absolute Gasteiger partial charge is 0.333 e. The van der Waals surface area contributed by atoms with Gasteiger partial charge in [-0.2, -0.15) is 8.75 Å². The molecule has 5 rings (SSSR count). The fourth-order valence-electron chi connectivity index (χ4n) is 3.52. The van der Waals surface area contributed by atoms with Crippen molar-refractivity contribution >= 4 is 80.4 Å². The second-order valence-corrected chi connectivity index (χ2v) is 10.3. The monoisotopic (exact) mass is 538 g/mol. The summed E-state index contributed by atoms with van der Waals surface area (Å²) < 4.78 is 8.47. The van der Waals surface area contributed by atoms with Crippen LogP contribution >= 0.6 is 34.9 Å². The van der Waals surface area contributed by atoms with Crippen molar-refractivity contribution in [2.24, 2.45) is 0 Å². The van der Waals surface area contributed by atoms with Gasteiger partial charge in [0.1, 0.15) is 16.6 Å². The molecular formula is C24H20Cl2N8OS. The number of fused-ring (bicyclic) bond motifs is 2. The van der Waals surface area contributed by atoms with Crippen molar-refractivity contribution in [3.8, 4) is 11.3 Å². The minimum absolute atomic E-state index is 0.362. The van der Waals surface area contributed by atoms with Gasteiger partial charge in [-0.05, 0) is 57.2 Å². The molecule has 0 saturated heterocycles. The molecule has 0 aliphatic heterocycles. The lowest BCUT2D eigenvalue weighted by molar-refractivity contribution is 0.244. The molecule has 2 amide bonds. The number of halogens is 2. The van der Waals surface area contributed by atoms with Crippen LogP contribution in [0.25, 0.3) is 33.3 Å². The number of benzene rings is 2. The van der Waals surface area contributed by atoms with E-state index in [1.165, 1.54) is 0 Å². The summed E-state index contributed by atoms with van der Waals surface area (Å²) in [6.07, 6.45) is 1.60. The number of nitrogens with one attached hydrogen (secondary N) is 3. The Morgan fingerprint density at radius 2 is 1.67 bits per heavy atom. The van der Waals surface area contributed by atoms with Crippen LogP contribution < -0.4 is 16.0 Å². The second kappa shape index (κ2) is 9.45. The zero-order valence-electron chi connectivity index (χ0n) is 19.4. The first-order valence-electron chi connectivity index (χ1n) is 10.9. The Kier molecular flexibility index (Phi) is 6.33. The molecule has 182 valence electrons. The Morgan fingerprint density at radius 3 is 2.42 bits per heavy atom. The molecule has 0 fully saturated rings. The van der Waals surface area contributed by atoms with Crippen molar-refractivity contribution in [2.75, 3.05) is 10.6 Å². The van der Waals surface area contributed by atoms with Crippen LogP contribution in [0.2, 0.25) is 10.0 Å². The van der Waals surface area contributed by atoms with Gasteiger partial charge in [0, 0.05) is 16.8 Å². The van der Waals surface area contributed by atoms with E-state index >= 15 is 0 Å². The fraction of sp³-hybridized carbons (Fsp3) is 0.167. The third kappa shape index (κ3) is 5.15. The van der Waals surface area contributed by atoms with Crippen molar-refractivity contribution in [1.29, 1.82) is 0 Å². The number of urea groups is 1. The Labute approximate surface area is 220 Å². The Balaban J connectivity index is 1.57. The van der Waals surface area contributed by atoms with Crippen LogP contribution in [-0.2, 0) is 0 Å². The van der Waals surface area contributed by atoms with Crippen LogP contribution in [0.4, 0.5) is 22.1 Å². The number of pyridine rings is 1. The van der Waals surface area contributed by atoms with Gasteiger partial charge in [-0.1, -0.05) is 29.3 Å². The molecule has 3 N–H and O–H groups in total. The summed E-state index contributed by atoms with van der Waals surface area (Å²) in [6.45, 7) is 5.67. The van der Waals surface area contributed by atoms with Gasteiger partial charge in [0.2, 0.25) is 5.95 Å². The number of hydrogen-bond acceptors (Lipinski definition) is 8. The van der Waals surface area contributed by atoms with E-state index in [4.69, 9.17) is 28.2 Å². The van der Waals surface area contributed by atoms with Crippen LogP contribution in [-0.4, -0.2) is 35.3 Å². The predicted octanol–water partition coefficient (Wildman–Crippen LogP) is 6.67. The quantitative estimate of drug-likeness (QED) is 0.234. The van der Waals surface area contributed by atoms with Crippen molar-refractivity contribution < 1.29 is 4.79 Å². The molecule has 3 aromatic heterocycles. The molecule has 36 heavy (non-hydrogen) atoms. The minimum Gasteiger partial charge on any atom is -0.333 e. The summed E-state index contributed by atoms with van der Waals surface area (Å²) in [5, 5.41) is 9.74. The maximum Gasteiger partial charge on any atom is 0.319 e. The Bertz CT molecular complexity index is 1600. The van der Waals surface area contributed by atoms with E-state index in [1.54, 1.807) is 30.5 Å². The van der Waals surface area contributed by atoms with Gasteiger partial charge >= 0.3 is 6.03 Å². The van der Waals surface area contributed by atoms with Crippen molar-refractivity contribution in [3.63, 3.8) is 0 Å². The minimum atomic E-state index is -0.441. The Hall–Kier alpha value is -3.60. The third-order valence-electron chi connectivity index (χ3n) is 5.01. The van der Waals surface area contributed by atoms with Crippen molar-refractivity contribution in [2.45, 2.75) is 26.3 Å². The summed E-state index contributed by atoms with van der Waals surface area (Å²) in [7, 11) is 0. The molecule has 0 unspecified atom stereocenters. The van der Waals surface area contributed by atoms with Crippen LogP contribution in [0.3, 0.4) is 0 Å². The van der Waals surface area contributed by atoms with E-state index in [2.05, 4.69) is 34.7 Å². The maximum absolute atomic E-state index is 12.7. The highest BCUT2D eigenvalue weighted by Gasteiger charge is 2.20. The highest BCUT2D eigenvalue weighted by molar-refractivity contribution is 7.00. The van der Waals surface area contributed by atoms with Crippen molar-refractivity contribution in [1.82, 2.24) is 29.0 Å². The van der Waals surface area contributed by atoms with Crippen LogP contribution in [0.1, 0.15) is 20.8 Å². The molecule has 0 aliphatic carbocycles. The SMILES string of the molecule is CC(C)(C)NC(=O)Nc1cc2nc(Nc3ccc4nsnc4c3)ncc2nc1-c1c(Cl)cccc1Cl. The smallest absolute Gasteiger partial charge is 0.319 e. The molecule has 0 radical (unpaired) electrons. The number of nitrogens with zero attached hydrogens (tertiary/aromatic N) is 5. The van der Waals surface area contributed by atoms with Crippen molar-refractivity contribution in [3.05, 3.63) is 58.7 Å². The topological polar surface area (TPSA) is 118 Å². The molecule has 9 nitrogen and oxygen atoms in total. The van der Waals surface area contributed by atoms with Crippen LogP contribution in [0, 0.1) is 0 Å². The summed E-state index contributed by atoms with van der Waals surface area (Å²) in [5.74, 6) is 0.362. The lowest BCUT2D eigenvalue weighted by atomic mass is 10.1. The molecule has 0 saturated carbocycles. The average molecular weight is 539 g/mol. The lowest BCUT2D eigenvalue weighted by Gasteiger charge is -2.21.